The molecule has 3 aromatic rings. The highest BCUT2D eigenvalue weighted by Gasteiger charge is 2.21. The van der Waals surface area contributed by atoms with Crippen molar-refractivity contribution in [1.82, 2.24) is 15.1 Å². The van der Waals surface area contributed by atoms with Crippen LogP contribution in [0.4, 0.5) is 5.82 Å². The van der Waals surface area contributed by atoms with Gasteiger partial charge in [0.1, 0.15) is 18.1 Å². The third-order valence-corrected chi connectivity index (χ3v) is 6.10. The molecule has 0 atom stereocenters. The number of nitrogens with one attached hydrogen (secondary N) is 1. The van der Waals surface area contributed by atoms with Crippen LogP contribution in [-0.2, 0) is 24.3 Å². The van der Waals surface area contributed by atoms with Gasteiger partial charge in [0.25, 0.3) is 5.56 Å². The van der Waals surface area contributed by atoms with E-state index in [1.54, 1.807) is 13.2 Å². The number of amides is 1. The highest BCUT2D eigenvalue weighted by Crippen LogP contribution is 2.24. The molecule has 0 unspecified atom stereocenters. The van der Waals surface area contributed by atoms with E-state index >= 15 is 0 Å². The van der Waals surface area contributed by atoms with Crippen molar-refractivity contribution in [2.24, 2.45) is 5.92 Å². The summed E-state index contributed by atoms with van der Waals surface area (Å²) in [5, 5.41) is 7.32. The zero-order chi connectivity index (χ0) is 23.0. The summed E-state index contributed by atoms with van der Waals surface area (Å²) in [6, 6.07) is 21.3. The van der Waals surface area contributed by atoms with E-state index in [4.69, 9.17) is 4.74 Å². The number of nitrogens with zero attached hydrogens (tertiary/aromatic N) is 3. The standard InChI is InChI=1S/C26H30N4O3/c1-33-23-9-7-22(8-10-23)18-27-25(31)19-30-26(32)12-11-24(28-30)29-15-13-21(14-16-29)17-20-5-3-2-4-6-20/h2-12,21H,13-19H2,1H3,(H,27,31). The van der Waals surface area contributed by atoms with Crippen molar-refractivity contribution < 1.29 is 9.53 Å². The van der Waals surface area contributed by atoms with Crippen molar-refractivity contribution in [3.05, 3.63) is 88.2 Å². The lowest BCUT2D eigenvalue weighted by Crippen LogP contribution is -2.38. The molecule has 2 aromatic carbocycles. The third-order valence-electron chi connectivity index (χ3n) is 6.10. The van der Waals surface area contributed by atoms with Crippen LogP contribution in [0.5, 0.6) is 5.75 Å². The van der Waals surface area contributed by atoms with E-state index in [9.17, 15) is 9.59 Å². The summed E-state index contributed by atoms with van der Waals surface area (Å²) in [5.74, 6) is 1.91. The fraction of sp³-hybridized carbons (Fsp3) is 0.346. The van der Waals surface area contributed by atoms with Crippen LogP contribution >= 0.6 is 0 Å². The summed E-state index contributed by atoms with van der Waals surface area (Å²) in [5.41, 5.74) is 2.05. The maximum Gasteiger partial charge on any atom is 0.267 e. The number of aromatic nitrogens is 2. The smallest absolute Gasteiger partial charge is 0.267 e. The quantitative estimate of drug-likeness (QED) is 0.576. The zero-order valence-corrected chi connectivity index (χ0v) is 18.9. The van der Waals surface area contributed by atoms with E-state index in [1.807, 2.05) is 30.3 Å². The minimum Gasteiger partial charge on any atom is -0.497 e. The summed E-state index contributed by atoms with van der Waals surface area (Å²) in [6.45, 7) is 2.07. The molecule has 0 spiro atoms. The van der Waals surface area contributed by atoms with Crippen LogP contribution in [0, 0.1) is 5.92 Å². The number of methoxy groups -OCH3 is 1. The Morgan fingerprint density at radius 1 is 1.00 bits per heavy atom. The topological polar surface area (TPSA) is 76.5 Å². The average Bonchev–Trinajstić information content (AvgIpc) is 2.85. The van der Waals surface area contributed by atoms with E-state index in [1.165, 1.54) is 16.3 Å². The summed E-state index contributed by atoms with van der Waals surface area (Å²) in [4.78, 5) is 26.9. The number of anilines is 1. The van der Waals surface area contributed by atoms with Gasteiger partial charge in [-0.3, -0.25) is 9.59 Å². The molecule has 1 amide bonds. The van der Waals surface area contributed by atoms with Gasteiger partial charge in [0.2, 0.25) is 5.91 Å². The van der Waals surface area contributed by atoms with E-state index in [-0.39, 0.29) is 18.0 Å². The van der Waals surface area contributed by atoms with E-state index in [0.717, 1.165) is 49.5 Å². The highest BCUT2D eigenvalue weighted by molar-refractivity contribution is 5.75. The van der Waals surface area contributed by atoms with Crippen molar-refractivity contribution in [3.63, 3.8) is 0 Å². The number of carbonyl (C=O) groups excluding carboxylic acids is 1. The molecule has 0 saturated carbocycles. The number of ether oxygens (including phenoxy) is 1. The molecule has 4 rings (SSSR count). The van der Waals surface area contributed by atoms with Gasteiger partial charge in [-0.2, -0.15) is 5.10 Å². The Morgan fingerprint density at radius 3 is 2.42 bits per heavy atom. The van der Waals surface area contributed by atoms with Crippen LogP contribution in [0.15, 0.2) is 71.5 Å². The van der Waals surface area contributed by atoms with Crippen LogP contribution < -0.4 is 20.5 Å². The van der Waals surface area contributed by atoms with Crippen LogP contribution in [0.3, 0.4) is 0 Å². The zero-order valence-electron chi connectivity index (χ0n) is 18.9. The third kappa shape index (κ3) is 6.22. The first-order chi connectivity index (χ1) is 16.1. The van der Waals surface area contributed by atoms with Crippen LogP contribution in [0.1, 0.15) is 24.0 Å². The van der Waals surface area contributed by atoms with Gasteiger partial charge in [0, 0.05) is 25.7 Å². The summed E-state index contributed by atoms with van der Waals surface area (Å²) in [6.07, 6.45) is 3.26. The second-order valence-corrected chi connectivity index (χ2v) is 8.43. The molecule has 0 aliphatic carbocycles. The maximum absolute atomic E-state index is 12.4. The lowest BCUT2D eigenvalue weighted by atomic mass is 9.90. The fourth-order valence-corrected chi connectivity index (χ4v) is 4.17. The molecule has 0 bridgehead atoms. The largest absolute Gasteiger partial charge is 0.497 e. The Balaban J connectivity index is 1.31. The van der Waals surface area contributed by atoms with Crippen LogP contribution in [0.2, 0.25) is 0 Å². The van der Waals surface area contributed by atoms with Gasteiger partial charge in [-0.15, -0.1) is 0 Å². The van der Waals surface area contributed by atoms with Crippen molar-refractivity contribution >= 4 is 11.7 Å². The Hall–Kier alpha value is -3.61. The molecule has 1 aliphatic heterocycles. The first kappa shape index (κ1) is 22.6. The fourth-order valence-electron chi connectivity index (χ4n) is 4.17. The monoisotopic (exact) mass is 446 g/mol. The number of carbonyl (C=O) groups is 1. The lowest BCUT2D eigenvalue weighted by Gasteiger charge is -2.33. The Kier molecular flexibility index (Phi) is 7.40. The van der Waals surface area contributed by atoms with Gasteiger partial charge in [0.05, 0.1) is 7.11 Å². The predicted molar refractivity (Wildman–Crippen MR) is 128 cm³/mol. The van der Waals surface area contributed by atoms with Gasteiger partial charge < -0.3 is 15.0 Å². The number of hydrogen-bond donors (Lipinski definition) is 1. The Morgan fingerprint density at radius 2 is 1.73 bits per heavy atom. The van der Waals surface area contributed by atoms with Crippen molar-refractivity contribution in [3.8, 4) is 5.75 Å². The molecular formula is C26H30N4O3. The van der Waals surface area contributed by atoms with Crippen molar-refractivity contribution in [1.29, 1.82) is 0 Å². The van der Waals surface area contributed by atoms with Crippen molar-refractivity contribution in [2.45, 2.75) is 32.4 Å². The molecule has 7 nitrogen and oxygen atoms in total. The second kappa shape index (κ2) is 10.8. The number of rotatable bonds is 8. The number of hydrogen-bond acceptors (Lipinski definition) is 5. The van der Waals surface area contributed by atoms with Crippen LogP contribution in [-0.4, -0.2) is 35.9 Å². The Bertz CT molecular complexity index is 1100. The highest BCUT2D eigenvalue weighted by atomic mass is 16.5. The van der Waals surface area contributed by atoms with E-state index < -0.39 is 0 Å². The van der Waals surface area contributed by atoms with Gasteiger partial charge in [-0.05, 0) is 54.5 Å². The molecule has 2 heterocycles. The first-order valence-electron chi connectivity index (χ1n) is 11.4. The molecule has 1 aromatic heterocycles. The summed E-state index contributed by atoms with van der Waals surface area (Å²) in [7, 11) is 1.61. The van der Waals surface area contributed by atoms with Gasteiger partial charge >= 0.3 is 0 Å². The Labute approximate surface area is 194 Å². The summed E-state index contributed by atoms with van der Waals surface area (Å²) < 4.78 is 6.39. The van der Waals surface area contributed by atoms with Gasteiger partial charge in [0.15, 0.2) is 0 Å². The molecule has 1 aliphatic rings. The second-order valence-electron chi connectivity index (χ2n) is 8.43. The molecule has 1 N–H and O–H groups in total. The first-order valence-corrected chi connectivity index (χ1v) is 11.4. The molecule has 172 valence electrons. The molecule has 33 heavy (non-hydrogen) atoms. The molecule has 1 fully saturated rings. The number of piperidine rings is 1. The average molecular weight is 447 g/mol. The normalized spacial score (nSPS) is 14.2. The minimum atomic E-state index is -0.280. The van der Waals surface area contributed by atoms with Gasteiger partial charge in [-0.1, -0.05) is 42.5 Å². The van der Waals surface area contributed by atoms with Crippen LogP contribution in [0.25, 0.3) is 0 Å². The maximum atomic E-state index is 12.4. The molecular weight excluding hydrogens is 416 g/mol. The van der Waals surface area contributed by atoms with E-state index in [2.05, 4.69) is 39.6 Å². The SMILES string of the molecule is COc1ccc(CNC(=O)Cn2nc(N3CCC(Cc4ccccc4)CC3)ccc2=O)cc1. The molecule has 0 radical (unpaired) electrons. The summed E-state index contributed by atoms with van der Waals surface area (Å²) >= 11 is 0. The van der Waals surface area contributed by atoms with E-state index in [0.29, 0.717) is 12.5 Å². The van der Waals surface area contributed by atoms with Crippen molar-refractivity contribution in [2.75, 3.05) is 25.1 Å². The molecule has 7 heteroatoms. The lowest BCUT2D eigenvalue weighted by molar-refractivity contribution is -0.122. The van der Waals surface area contributed by atoms with Gasteiger partial charge in [-0.25, -0.2) is 4.68 Å². The predicted octanol–water partition coefficient (Wildman–Crippen LogP) is 3.03. The molecule has 1 saturated heterocycles. The minimum absolute atomic E-state index is 0.104. The number of benzene rings is 2.